The van der Waals surface area contributed by atoms with Gasteiger partial charge in [-0.3, -0.25) is 4.98 Å². The summed E-state index contributed by atoms with van der Waals surface area (Å²) in [4.78, 5) is 26.7. The Morgan fingerprint density at radius 2 is 2.05 bits per heavy atom. The van der Waals surface area contributed by atoms with Crippen LogP contribution < -0.4 is 5.32 Å². The summed E-state index contributed by atoms with van der Waals surface area (Å²) in [5.41, 5.74) is 0.593. The molecule has 0 radical (unpaired) electrons. The monoisotopic (exact) mass is 292 g/mol. The summed E-state index contributed by atoms with van der Waals surface area (Å²) in [6.07, 6.45) is 6.05. The molecule has 1 rings (SSSR count). The van der Waals surface area contributed by atoms with Gasteiger partial charge in [-0.15, -0.1) is 0 Å². The lowest BCUT2D eigenvalue weighted by atomic mass is 10.2. The average Bonchev–Trinajstić information content (AvgIpc) is 2.41. The zero-order chi connectivity index (χ0) is 15.9. The molecule has 0 aromatic carbocycles. The second-order valence-corrected chi connectivity index (χ2v) is 5.28. The quantitative estimate of drug-likeness (QED) is 0.862. The minimum atomic E-state index is -0.521. The van der Waals surface area contributed by atoms with E-state index in [0.29, 0.717) is 12.1 Å². The minimum Gasteiger partial charge on any atom is -0.465 e. The fraction of sp³-hybridized carbons (Fsp3) is 0.400. The third-order valence-corrected chi connectivity index (χ3v) is 2.25. The molecular weight excluding hydrogens is 272 g/mol. The number of carbonyl (C=O) groups is 2. The van der Waals surface area contributed by atoms with Gasteiger partial charge in [-0.05, 0) is 32.4 Å². The lowest BCUT2D eigenvalue weighted by Crippen LogP contribution is -2.32. The van der Waals surface area contributed by atoms with Crippen LogP contribution in [0.4, 0.5) is 4.79 Å². The highest BCUT2D eigenvalue weighted by Gasteiger charge is 2.14. The van der Waals surface area contributed by atoms with Crippen molar-refractivity contribution in [2.75, 3.05) is 13.7 Å². The Morgan fingerprint density at radius 1 is 1.33 bits per heavy atom. The molecule has 0 aliphatic heterocycles. The van der Waals surface area contributed by atoms with Gasteiger partial charge in [0.25, 0.3) is 0 Å². The first-order chi connectivity index (χ1) is 9.81. The van der Waals surface area contributed by atoms with Crippen molar-refractivity contribution in [2.45, 2.75) is 26.4 Å². The van der Waals surface area contributed by atoms with Gasteiger partial charge in [0, 0.05) is 18.9 Å². The van der Waals surface area contributed by atoms with Crippen LogP contribution in [0.25, 0.3) is 6.08 Å². The molecule has 1 heterocycles. The number of nitrogens with one attached hydrogen (secondary N) is 1. The lowest BCUT2D eigenvalue weighted by Gasteiger charge is -2.19. The zero-order valence-corrected chi connectivity index (χ0v) is 12.7. The second-order valence-electron chi connectivity index (χ2n) is 5.28. The summed E-state index contributed by atoms with van der Waals surface area (Å²) in [6, 6.07) is 1.66. The molecular formula is C15H20N2O4. The van der Waals surface area contributed by atoms with Crippen LogP contribution in [0.2, 0.25) is 0 Å². The van der Waals surface area contributed by atoms with Crippen molar-refractivity contribution >= 4 is 18.1 Å². The van der Waals surface area contributed by atoms with Crippen LogP contribution in [0.15, 0.2) is 24.5 Å². The van der Waals surface area contributed by atoms with Gasteiger partial charge in [0.1, 0.15) is 5.60 Å². The van der Waals surface area contributed by atoms with Crippen molar-refractivity contribution in [3.63, 3.8) is 0 Å². The predicted octanol–water partition coefficient (Wildman–Crippen LogP) is 2.41. The fourth-order valence-electron chi connectivity index (χ4n) is 1.43. The molecule has 1 N–H and O–H groups in total. The third-order valence-electron chi connectivity index (χ3n) is 2.25. The topological polar surface area (TPSA) is 77.5 Å². The molecule has 21 heavy (non-hydrogen) atoms. The summed E-state index contributed by atoms with van der Waals surface area (Å²) in [7, 11) is 1.32. The van der Waals surface area contributed by atoms with Crippen molar-refractivity contribution in [1.29, 1.82) is 0 Å². The zero-order valence-electron chi connectivity index (χ0n) is 12.7. The van der Waals surface area contributed by atoms with E-state index in [9.17, 15) is 9.59 Å². The average molecular weight is 292 g/mol. The van der Waals surface area contributed by atoms with Crippen LogP contribution >= 0.6 is 0 Å². The summed E-state index contributed by atoms with van der Waals surface area (Å²) < 4.78 is 9.72. The van der Waals surface area contributed by atoms with Crippen LogP contribution in [0.5, 0.6) is 0 Å². The molecule has 0 saturated heterocycles. The highest BCUT2D eigenvalue weighted by atomic mass is 16.6. The van der Waals surface area contributed by atoms with E-state index in [1.165, 1.54) is 13.3 Å². The molecule has 1 aromatic heterocycles. The first-order valence-electron chi connectivity index (χ1n) is 6.48. The Labute approximate surface area is 124 Å². The van der Waals surface area contributed by atoms with Gasteiger partial charge in [0.15, 0.2) is 0 Å². The number of alkyl carbamates (subject to hydrolysis) is 1. The molecule has 0 atom stereocenters. The number of amides is 1. The molecule has 1 amide bonds. The highest BCUT2D eigenvalue weighted by molar-refractivity contribution is 5.89. The molecule has 0 saturated carbocycles. The molecule has 0 aliphatic carbocycles. The van der Waals surface area contributed by atoms with Crippen molar-refractivity contribution < 1.29 is 19.1 Å². The van der Waals surface area contributed by atoms with Gasteiger partial charge >= 0.3 is 12.1 Å². The van der Waals surface area contributed by atoms with Gasteiger partial charge in [0.05, 0.1) is 12.7 Å². The number of methoxy groups -OCH3 is 1. The normalized spacial score (nSPS) is 11.2. The number of carbonyl (C=O) groups excluding carboxylic acids is 2. The maximum Gasteiger partial charge on any atom is 0.407 e. The molecule has 0 spiro atoms. The van der Waals surface area contributed by atoms with Gasteiger partial charge in [-0.2, -0.15) is 0 Å². The van der Waals surface area contributed by atoms with Crippen LogP contribution in [0.3, 0.4) is 0 Å². The van der Waals surface area contributed by atoms with Gasteiger partial charge < -0.3 is 14.8 Å². The second kappa shape index (κ2) is 7.42. The third kappa shape index (κ3) is 6.56. The lowest BCUT2D eigenvalue weighted by molar-refractivity contribution is 0.0532. The molecule has 0 fully saturated rings. The van der Waals surface area contributed by atoms with Crippen molar-refractivity contribution in [1.82, 2.24) is 10.3 Å². The number of nitrogens with zero attached hydrogens (tertiary/aromatic N) is 1. The van der Waals surface area contributed by atoms with E-state index in [4.69, 9.17) is 4.74 Å². The van der Waals surface area contributed by atoms with Crippen LogP contribution in [0, 0.1) is 0 Å². The summed E-state index contributed by atoms with van der Waals surface area (Å²) in [6.45, 7) is 5.71. The SMILES string of the molecule is COC(=O)c1cncc(C=CCNC(=O)OC(C)(C)C)c1. The Hall–Kier alpha value is -2.37. The summed E-state index contributed by atoms with van der Waals surface area (Å²) >= 11 is 0. The van der Waals surface area contributed by atoms with Crippen LogP contribution in [-0.4, -0.2) is 36.3 Å². The number of esters is 1. The highest BCUT2D eigenvalue weighted by Crippen LogP contribution is 2.07. The van der Waals surface area contributed by atoms with E-state index >= 15 is 0 Å². The standard InChI is InChI=1S/C15H20N2O4/c1-15(2,3)21-14(19)17-7-5-6-11-8-12(10-16-9-11)13(18)20-4/h5-6,8-10H,7H2,1-4H3,(H,17,19). The van der Waals surface area contributed by atoms with Gasteiger partial charge in [-0.25, -0.2) is 9.59 Å². The Balaban J connectivity index is 2.51. The van der Waals surface area contributed by atoms with E-state index in [1.807, 2.05) is 0 Å². The van der Waals surface area contributed by atoms with E-state index in [-0.39, 0.29) is 0 Å². The maximum atomic E-state index is 11.4. The van der Waals surface area contributed by atoms with Crippen LogP contribution in [-0.2, 0) is 9.47 Å². The Morgan fingerprint density at radius 3 is 2.67 bits per heavy atom. The maximum absolute atomic E-state index is 11.4. The smallest absolute Gasteiger partial charge is 0.407 e. The fourth-order valence-corrected chi connectivity index (χ4v) is 1.43. The first-order valence-corrected chi connectivity index (χ1v) is 6.48. The molecule has 0 unspecified atom stereocenters. The molecule has 6 heteroatoms. The molecule has 6 nitrogen and oxygen atoms in total. The van der Waals surface area contributed by atoms with E-state index in [2.05, 4.69) is 15.0 Å². The summed E-state index contributed by atoms with van der Waals surface area (Å²) in [5, 5.41) is 2.60. The van der Waals surface area contributed by atoms with Crippen molar-refractivity contribution in [2.24, 2.45) is 0 Å². The number of hydrogen-bond donors (Lipinski definition) is 1. The molecule has 0 bridgehead atoms. The Bertz CT molecular complexity index is 533. The molecule has 0 aliphatic rings. The van der Waals surface area contributed by atoms with Crippen molar-refractivity contribution in [3.8, 4) is 0 Å². The number of hydrogen-bond acceptors (Lipinski definition) is 5. The first kappa shape index (κ1) is 16.7. The predicted molar refractivity (Wildman–Crippen MR) is 78.8 cm³/mol. The number of ether oxygens (including phenoxy) is 2. The van der Waals surface area contributed by atoms with E-state index in [0.717, 1.165) is 5.56 Å². The molecule has 1 aromatic rings. The number of rotatable bonds is 4. The van der Waals surface area contributed by atoms with Crippen LogP contribution in [0.1, 0.15) is 36.7 Å². The molecule has 114 valence electrons. The largest absolute Gasteiger partial charge is 0.465 e. The minimum absolute atomic E-state index is 0.317. The van der Waals surface area contributed by atoms with Gasteiger partial charge in [0.2, 0.25) is 0 Å². The van der Waals surface area contributed by atoms with Crippen molar-refractivity contribution in [3.05, 3.63) is 35.7 Å². The number of pyridine rings is 1. The Kier molecular flexibility index (Phi) is 5.90. The van der Waals surface area contributed by atoms with Gasteiger partial charge in [-0.1, -0.05) is 12.2 Å². The number of aromatic nitrogens is 1. The van der Waals surface area contributed by atoms with E-state index in [1.54, 1.807) is 45.2 Å². The summed E-state index contributed by atoms with van der Waals surface area (Å²) in [5.74, 6) is -0.440. The van der Waals surface area contributed by atoms with E-state index < -0.39 is 17.7 Å².